The molecule has 5 heteroatoms. The number of hydrogen-bond donors (Lipinski definition) is 1. The maximum absolute atomic E-state index is 11.3. The molecule has 1 amide bonds. The fraction of sp³-hybridized carbons (Fsp3) is 0.538. The van der Waals surface area contributed by atoms with Crippen LogP contribution in [0.5, 0.6) is 0 Å². The first-order valence-electron chi connectivity index (χ1n) is 5.85. The lowest BCUT2D eigenvalue weighted by Crippen LogP contribution is -2.32. The minimum atomic E-state index is -0.461. The van der Waals surface area contributed by atoms with E-state index in [1.807, 2.05) is 46.8 Å². The van der Waals surface area contributed by atoms with Crippen LogP contribution in [0.4, 0.5) is 4.79 Å². The van der Waals surface area contributed by atoms with Gasteiger partial charge in [-0.25, -0.2) is 9.78 Å². The zero-order chi connectivity index (χ0) is 13.8. The number of nitrogens with one attached hydrogen (secondary N) is 1. The Morgan fingerprint density at radius 1 is 1.44 bits per heavy atom. The van der Waals surface area contributed by atoms with E-state index in [-0.39, 0.29) is 0 Å². The van der Waals surface area contributed by atoms with Gasteiger partial charge in [0.05, 0.1) is 5.69 Å². The van der Waals surface area contributed by atoms with Gasteiger partial charge in [0, 0.05) is 11.4 Å². The summed E-state index contributed by atoms with van der Waals surface area (Å²) >= 11 is 1.64. The molecular formula is C13H20N2O2S. The molecule has 0 spiro atoms. The molecule has 0 unspecified atom stereocenters. The number of amides is 1. The fourth-order valence-electron chi connectivity index (χ4n) is 1.19. The number of aromatic nitrogens is 1. The van der Waals surface area contributed by atoms with Gasteiger partial charge in [-0.05, 0) is 40.7 Å². The van der Waals surface area contributed by atoms with E-state index in [1.54, 1.807) is 11.3 Å². The van der Waals surface area contributed by atoms with Gasteiger partial charge in [-0.1, -0.05) is 6.08 Å². The van der Waals surface area contributed by atoms with E-state index in [1.165, 1.54) is 4.88 Å². The number of rotatable bonds is 3. The van der Waals surface area contributed by atoms with E-state index in [0.29, 0.717) is 6.54 Å². The Kier molecular flexibility index (Phi) is 4.90. The molecule has 1 heterocycles. The van der Waals surface area contributed by atoms with Gasteiger partial charge in [-0.3, -0.25) is 0 Å². The minimum absolute atomic E-state index is 0.404. The highest BCUT2D eigenvalue weighted by Gasteiger charge is 2.14. The first-order valence-corrected chi connectivity index (χ1v) is 6.67. The second-order valence-corrected chi connectivity index (χ2v) is 6.21. The molecule has 0 atom stereocenters. The molecule has 0 aromatic carbocycles. The number of alkyl carbamates (subject to hydrolysis) is 1. The predicted molar refractivity (Wildman–Crippen MR) is 74.9 cm³/mol. The SMILES string of the molecule is Cc1nc(C=CCNC(=O)OC(C)(C)C)sc1C. The molecule has 1 aromatic rings. The van der Waals surface area contributed by atoms with Gasteiger partial charge in [0.15, 0.2) is 0 Å². The standard InChI is InChI=1S/C13H20N2O2S/c1-9-10(2)18-11(15-9)7-6-8-14-12(16)17-13(3,4)5/h6-7H,8H2,1-5H3,(H,14,16). The molecule has 0 aliphatic carbocycles. The summed E-state index contributed by atoms with van der Waals surface area (Å²) in [6.45, 7) is 9.98. The van der Waals surface area contributed by atoms with Gasteiger partial charge in [-0.2, -0.15) is 0 Å². The zero-order valence-corrected chi connectivity index (χ0v) is 12.4. The van der Waals surface area contributed by atoms with Gasteiger partial charge in [-0.15, -0.1) is 11.3 Å². The van der Waals surface area contributed by atoms with Crippen molar-refractivity contribution >= 4 is 23.5 Å². The number of hydrogen-bond acceptors (Lipinski definition) is 4. The molecule has 1 rings (SSSR count). The molecule has 0 aliphatic rings. The fourth-order valence-corrected chi connectivity index (χ4v) is 2.04. The summed E-state index contributed by atoms with van der Waals surface area (Å²) in [4.78, 5) is 16.9. The molecule has 18 heavy (non-hydrogen) atoms. The minimum Gasteiger partial charge on any atom is -0.444 e. The third-order valence-corrected chi connectivity index (χ3v) is 3.11. The Morgan fingerprint density at radius 2 is 2.11 bits per heavy atom. The number of thiazole rings is 1. The van der Waals surface area contributed by atoms with Crippen LogP contribution in [0.1, 0.15) is 36.3 Å². The lowest BCUT2D eigenvalue weighted by molar-refractivity contribution is 0.0534. The summed E-state index contributed by atoms with van der Waals surface area (Å²) in [5.74, 6) is 0. The second-order valence-electron chi connectivity index (χ2n) is 4.98. The monoisotopic (exact) mass is 268 g/mol. The van der Waals surface area contributed by atoms with Crippen molar-refractivity contribution in [1.29, 1.82) is 0 Å². The Morgan fingerprint density at radius 3 is 2.61 bits per heavy atom. The molecule has 0 saturated carbocycles. The largest absolute Gasteiger partial charge is 0.444 e. The summed E-state index contributed by atoms with van der Waals surface area (Å²) in [5.41, 5.74) is 0.594. The van der Waals surface area contributed by atoms with E-state index in [4.69, 9.17) is 4.74 Å². The molecule has 0 aliphatic heterocycles. The molecule has 0 bridgehead atoms. The first-order chi connectivity index (χ1) is 8.28. The normalized spacial score (nSPS) is 11.8. The van der Waals surface area contributed by atoms with Gasteiger partial charge in [0.2, 0.25) is 0 Å². The molecule has 0 radical (unpaired) electrons. The van der Waals surface area contributed by atoms with Crippen molar-refractivity contribution in [3.05, 3.63) is 21.7 Å². The summed E-state index contributed by atoms with van der Waals surface area (Å²) in [6, 6.07) is 0. The Labute approximate surface area is 112 Å². The number of aryl methyl sites for hydroxylation is 2. The van der Waals surface area contributed by atoms with Gasteiger partial charge in [0.25, 0.3) is 0 Å². The highest BCUT2D eigenvalue weighted by atomic mass is 32.1. The van der Waals surface area contributed by atoms with Crippen LogP contribution >= 0.6 is 11.3 Å². The van der Waals surface area contributed by atoms with Crippen LogP contribution in [0, 0.1) is 13.8 Å². The predicted octanol–water partition coefficient (Wildman–Crippen LogP) is 3.30. The number of carbonyl (C=O) groups excluding carboxylic acids is 1. The number of ether oxygens (including phenoxy) is 1. The van der Waals surface area contributed by atoms with E-state index in [0.717, 1.165) is 10.7 Å². The average Bonchev–Trinajstić information content (AvgIpc) is 2.51. The molecule has 4 nitrogen and oxygen atoms in total. The van der Waals surface area contributed by atoms with Crippen LogP contribution < -0.4 is 5.32 Å². The van der Waals surface area contributed by atoms with Gasteiger partial charge >= 0.3 is 6.09 Å². The van der Waals surface area contributed by atoms with Crippen LogP contribution in [0.25, 0.3) is 6.08 Å². The molecule has 1 N–H and O–H groups in total. The van der Waals surface area contributed by atoms with Crippen molar-refractivity contribution in [2.75, 3.05) is 6.54 Å². The highest BCUT2D eigenvalue weighted by Crippen LogP contribution is 2.17. The lowest BCUT2D eigenvalue weighted by Gasteiger charge is -2.19. The summed E-state index contributed by atoms with van der Waals surface area (Å²) in [5, 5.41) is 3.61. The number of carbonyl (C=O) groups is 1. The van der Waals surface area contributed by atoms with Crippen molar-refractivity contribution in [1.82, 2.24) is 10.3 Å². The highest BCUT2D eigenvalue weighted by molar-refractivity contribution is 7.12. The van der Waals surface area contributed by atoms with Crippen LogP contribution in [0.15, 0.2) is 6.08 Å². The van der Waals surface area contributed by atoms with Crippen LogP contribution in [-0.2, 0) is 4.74 Å². The Bertz CT molecular complexity index is 425. The van der Waals surface area contributed by atoms with Crippen molar-refractivity contribution < 1.29 is 9.53 Å². The van der Waals surface area contributed by atoms with E-state index in [9.17, 15) is 4.79 Å². The number of nitrogens with zero attached hydrogens (tertiary/aromatic N) is 1. The van der Waals surface area contributed by atoms with Gasteiger partial charge < -0.3 is 10.1 Å². The molecule has 100 valence electrons. The summed E-state index contributed by atoms with van der Waals surface area (Å²) in [7, 11) is 0. The summed E-state index contributed by atoms with van der Waals surface area (Å²) < 4.78 is 5.12. The Balaban J connectivity index is 2.36. The topological polar surface area (TPSA) is 51.2 Å². The average molecular weight is 268 g/mol. The van der Waals surface area contributed by atoms with Crippen molar-refractivity contribution in [3.63, 3.8) is 0 Å². The zero-order valence-electron chi connectivity index (χ0n) is 11.5. The summed E-state index contributed by atoms with van der Waals surface area (Å²) in [6.07, 6.45) is 3.36. The van der Waals surface area contributed by atoms with Gasteiger partial charge in [0.1, 0.15) is 10.6 Å². The lowest BCUT2D eigenvalue weighted by atomic mass is 10.2. The third-order valence-electron chi connectivity index (χ3n) is 2.07. The van der Waals surface area contributed by atoms with Crippen LogP contribution in [-0.4, -0.2) is 23.2 Å². The quantitative estimate of drug-likeness (QED) is 0.915. The second kappa shape index (κ2) is 6.00. The van der Waals surface area contributed by atoms with E-state index in [2.05, 4.69) is 10.3 Å². The molecule has 1 aromatic heterocycles. The van der Waals surface area contributed by atoms with Crippen molar-refractivity contribution in [2.45, 2.75) is 40.2 Å². The van der Waals surface area contributed by atoms with E-state index >= 15 is 0 Å². The van der Waals surface area contributed by atoms with E-state index < -0.39 is 11.7 Å². The maximum Gasteiger partial charge on any atom is 0.407 e. The molecule has 0 saturated heterocycles. The molecule has 0 fully saturated rings. The maximum atomic E-state index is 11.3. The van der Waals surface area contributed by atoms with Crippen molar-refractivity contribution in [3.8, 4) is 0 Å². The van der Waals surface area contributed by atoms with Crippen LogP contribution in [0.2, 0.25) is 0 Å². The first kappa shape index (κ1) is 14.7. The Hall–Kier alpha value is -1.36. The third kappa shape index (κ3) is 5.31. The van der Waals surface area contributed by atoms with Crippen LogP contribution in [0.3, 0.4) is 0 Å². The molecular weight excluding hydrogens is 248 g/mol. The van der Waals surface area contributed by atoms with Crippen molar-refractivity contribution in [2.24, 2.45) is 0 Å². The smallest absolute Gasteiger partial charge is 0.407 e.